The average molecular weight is 315 g/mol. The maximum absolute atomic E-state index is 12.3. The van der Waals surface area contributed by atoms with Gasteiger partial charge in [0.25, 0.3) is 5.91 Å². The van der Waals surface area contributed by atoms with Crippen LogP contribution in [0.3, 0.4) is 0 Å². The largest absolute Gasteiger partial charge is 0.353 e. The highest BCUT2D eigenvalue weighted by Gasteiger charge is 2.37. The van der Waals surface area contributed by atoms with E-state index in [4.69, 9.17) is 0 Å². The van der Waals surface area contributed by atoms with Crippen LogP contribution in [0.25, 0.3) is 0 Å². The van der Waals surface area contributed by atoms with Gasteiger partial charge in [0.15, 0.2) is 0 Å². The lowest BCUT2D eigenvalue weighted by Crippen LogP contribution is -2.34. The van der Waals surface area contributed by atoms with E-state index in [-0.39, 0.29) is 24.3 Å². The van der Waals surface area contributed by atoms with Crippen molar-refractivity contribution in [2.75, 3.05) is 6.54 Å². The molecule has 0 spiro atoms. The number of imide groups is 1. The molecule has 1 heterocycles. The molecule has 0 radical (unpaired) electrons. The molecule has 3 rings (SSSR count). The summed E-state index contributed by atoms with van der Waals surface area (Å²) in [6.07, 6.45) is 3.33. The molecule has 122 valence electrons. The fraction of sp³-hybridized carbons (Fsp3) is 0.471. The van der Waals surface area contributed by atoms with Gasteiger partial charge in [-0.15, -0.1) is 0 Å². The third-order valence-electron chi connectivity index (χ3n) is 4.18. The van der Waals surface area contributed by atoms with Crippen molar-refractivity contribution < 1.29 is 14.4 Å². The van der Waals surface area contributed by atoms with Gasteiger partial charge in [-0.1, -0.05) is 30.3 Å². The smallest absolute Gasteiger partial charge is 0.324 e. The van der Waals surface area contributed by atoms with Gasteiger partial charge in [-0.3, -0.25) is 14.5 Å². The third-order valence-corrected chi connectivity index (χ3v) is 4.18. The summed E-state index contributed by atoms with van der Waals surface area (Å²) in [5.74, 6) is -0.276. The van der Waals surface area contributed by atoms with E-state index >= 15 is 0 Å². The summed E-state index contributed by atoms with van der Waals surface area (Å²) >= 11 is 0. The van der Waals surface area contributed by atoms with Crippen molar-refractivity contribution in [1.29, 1.82) is 0 Å². The molecule has 1 aliphatic carbocycles. The number of hydrogen-bond acceptors (Lipinski definition) is 3. The van der Waals surface area contributed by atoms with Crippen LogP contribution in [0.1, 0.15) is 31.2 Å². The summed E-state index contributed by atoms with van der Waals surface area (Å²) in [6.45, 7) is 0.361. The van der Waals surface area contributed by atoms with E-state index in [9.17, 15) is 14.4 Å². The lowest BCUT2D eigenvalue weighted by atomic mass is 10.1. The van der Waals surface area contributed by atoms with E-state index in [1.54, 1.807) is 0 Å². The Balaban J connectivity index is 1.47. The van der Waals surface area contributed by atoms with Crippen molar-refractivity contribution in [2.45, 2.75) is 44.2 Å². The molecule has 6 heteroatoms. The fourth-order valence-electron chi connectivity index (χ4n) is 2.67. The quantitative estimate of drug-likeness (QED) is 0.742. The SMILES string of the molecule is O=C(CCC1NC(=O)N(CCc2ccccc2)C1=O)NC1CC1. The minimum absolute atomic E-state index is 0.0442. The summed E-state index contributed by atoms with van der Waals surface area (Å²) in [5.41, 5.74) is 1.08. The second kappa shape index (κ2) is 6.81. The highest BCUT2D eigenvalue weighted by atomic mass is 16.2. The van der Waals surface area contributed by atoms with Crippen LogP contribution in [0, 0.1) is 0 Å². The first-order valence-corrected chi connectivity index (χ1v) is 8.08. The predicted molar refractivity (Wildman–Crippen MR) is 84.6 cm³/mol. The van der Waals surface area contributed by atoms with Gasteiger partial charge in [-0.25, -0.2) is 4.79 Å². The molecular formula is C17H21N3O3. The van der Waals surface area contributed by atoms with Gasteiger partial charge in [0, 0.05) is 19.0 Å². The Bertz CT molecular complexity index is 598. The number of rotatable bonds is 7. The molecule has 1 aliphatic heterocycles. The molecule has 2 aliphatic rings. The number of amides is 4. The van der Waals surface area contributed by atoms with Crippen molar-refractivity contribution in [3.05, 3.63) is 35.9 Å². The Hall–Kier alpha value is -2.37. The van der Waals surface area contributed by atoms with Crippen molar-refractivity contribution in [1.82, 2.24) is 15.5 Å². The van der Waals surface area contributed by atoms with Crippen LogP contribution >= 0.6 is 0 Å². The second-order valence-corrected chi connectivity index (χ2v) is 6.11. The summed E-state index contributed by atoms with van der Waals surface area (Å²) in [5, 5.41) is 5.56. The molecule has 2 N–H and O–H groups in total. The maximum Gasteiger partial charge on any atom is 0.324 e. The standard InChI is InChI=1S/C17H21N3O3/c21-15(18-13-6-7-13)9-8-14-16(22)20(17(23)19-14)11-10-12-4-2-1-3-5-12/h1-5,13-14H,6-11H2,(H,18,21)(H,19,23). The first-order valence-electron chi connectivity index (χ1n) is 8.08. The molecule has 1 saturated carbocycles. The zero-order valence-electron chi connectivity index (χ0n) is 13.0. The number of nitrogens with zero attached hydrogens (tertiary/aromatic N) is 1. The zero-order valence-corrected chi connectivity index (χ0v) is 13.0. The topological polar surface area (TPSA) is 78.5 Å². The van der Waals surface area contributed by atoms with Gasteiger partial charge in [0.05, 0.1) is 0 Å². The maximum atomic E-state index is 12.3. The lowest BCUT2D eigenvalue weighted by molar-refractivity contribution is -0.127. The molecule has 6 nitrogen and oxygen atoms in total. The first kappa shape index (κ1) is 15.5. The first-order chi connectivity index (χ1) is 11.1. The van der Waals surface area contributed by atoms with Crippen LogP contribution in [0.2, 0.25) is 0 Å². The van der Waals surface area contributed by atoms with E-state index in [1.807, 2.05) is 30.3 Å². The Labute approximate surface area is 135 Å². The van der Waals surface area contributed by atoms with Gasteiger partial charge in [-0.2, -0.15) is 0 Å². The molecule has 23 heavy (non-hydrogen) atoms. The summed E-state index contributed by atoms with van der Waals surface area (Å²) in [4.78, 5) is 37.2. The number of urea groups is 1. The van der Waals surface area contributed by atoms with Crippen LogP contribution in [0.4, 0.5) is 4.79 Å². The highest BCUT2D eigenvalue weighted by Crippen LogP contribution is 2.19. The highest BCUT2D eigenvalue weighted by molar-refractivity contribution is 6.04. The van der Waals surface area contributed by atoms with E-state index in [1.165, 1.54) is 4.90 Å². The molecule has 0 bridgehead atoms. The van der Waals surface area contributed by atoms with Crippen molar-refractivity contribution in [3.8, 4) is 0 Å². The van der Waals surface area contributed by atoms with Gasteiger partial charge >= 0.3 is 6.03 Å². The molecule has 1 unspecified atom stereocenters. The van der Waals surface area contributed by atoms with Crippen LogP contribution in [-0.4, -0.2) is 41.4 Å². The number of hydrogen-bond donors (Lipinski definition) is 2. The molecule has 1 saturated heterocycles. The molecule has 1 atom stereocenters. The number of carbonyl (C=O) groups excluding carboxylic acids is 3. The van der Waals surface area contributed by atoms with E-state index in [0.717, 1.165) is 18.4 Å². The Kier molecular flexibility index (Phi) is 4.60. The Morgan fingerprint density at radius 3 is 2.65 bits per heavy atom. The summed E-state index contributed by atoms with van der Waals surface area (Å²) < 4.78 is 0. The van der Waals surface area contributed by atoms with E-state index < -0.39 is 6.04 Å². The average Bonchev–Trinajstić information content (AvgIpc) is 3.31. The normalized spacial score (nSPS) is 20.5. The Morgan fingerprint density at radius 2 is 1.96 bits per heavy atom. The summed E-state index contributed by atoms with van der Waals surface area (Å²) in [6, 6.07) is 9.11. The van der Waals surface area contributed by atoms with Gasteiger partial charge in [-0.05, 0) is 31.2 Å². The minimum Gasteiger partial charge on any atom is -0.353 e. The van der Waals surface area contributed by atoms with Crippen LogP contribution in [-0.2, 0) is 16.0 Å². The van der Waals surface area contributed by atoms with E-state index in [0.29, 0.717) is 25.4 Å². The van der Waals surface area contributed by atoms with Crippen molar-refractivity contribution >= 4 is 17.8 Å². The van der Waals surface area contributed by atoms with E-state index in [2.05, 4.69) is 10.6 Å². The number of benzene rings is 1. The number of nitrogens with one attached hydrogen (secondary N) is 2. The van der Waals surface area contributed by atoms with Gasteiger partial charge < -0.3 is 10.6 Å². The monoisotopic (exact) mass is 315 g/mol. The molecule has 0 aromatic heterocycles. The van der Waals surface area contributed by atoms with Crippen molar-refractivity contribution in [3.63, 3.8) is 0 Å². The molecule has 2 fully saturated rings. The molecule has 1 aromatic rings. The molecule has 4 amide bonds. The van der Waals surface area contributed by atoms with Gasteiger partial charge in [0.1, 0.15) is 6.04 Å². The lowest BCUT2D eigenvalue weighted by Gasteiger charge is -2.13. The predicted octanol–water partition coefficient (Wildman–Crippen LogP) is 1.21. The molecule has 1 aromatic carbocycles. The number of carbonyl (C=O) groups is 3. The fourth-order valence-corrected chi connectivity index (χ4v) is 2.67. The van der Waals surface area contributed by atoms with Crippen LogP contribution in [0.5, 0.6) is 0 Å². The summed E-state index contributed by atoms with van der Waals surface area (Å²) in [7, 11) is 0. The Morgan fingerprint density at radius 1 is 1.22 bits per heavy atom. The van der Waals surface area contributed by atoms with Gasteiger partial charge in [0.2, 0.25) is 5.91 Å². The minimum atomic E-state index is -0.580. The third kappa shape index (κ3) is 4.09. The van der Waals surface area contributed by atoms with Crippen LogP contribution < -0.4 is 10.6 Å². The second-order valence-electron chi connectivity index (χ2n) is 6.11. The van der Waals surface area contributed by atoms with Crippen LogP contribution in [0.15, 0.2) is 30.3 Å². The zero-order chi connectivity index (χ0) is 16.2. The molecular weight excluding hydrogens is 294 g/mol. The van der Waals surface area contributed by atoms with Crippen molar-refractivity contribution in [2.24, 2.45) is 0 Å².